The minimum Gasteiger partial charge on any atom is -0.465 e. The summed E-state index contributed by atoms with van der Waals surface area (Å²) in [6.07, 6.45) is 0.701. The Balaban J connectivity index is 2.28. The average molecular weight is 350 g/mol. The normalized spacial score (nSPS) is 11.3. The summed E-state index contributed by atoms with van der Waals surface area (Å²) in [6, 6.07) is 6.72. The molecule has 1 aromatic carbocycles. The number of ether oxygens (including phenoxy) is 1. The maximum Gasteiger partial charge on any atom is 0.325 e. The highest BCUT2D eigenvalue weighted by molar-refractivity contribution is 5.81. The number of amides is 3. The Labute approximate surface area is 147 Å². The molecule has 8 nitrogen and oxygen atoms in total. The van der Waals surface area contributed by atoms with Gasteiger partial charge in [0, 0.05) is 13.1 Å². The Hall–Kier alpha value is -2.61. The standard InChI is InChI=1S/C17H26N4O4/c1-3-25-15(22)11-21-17(24)20-10-14-6-4-13(5-7-14)8-9-19-16(23)12(2)18/h4-7,12H,3,8-11,18H2,1-2H3,(H,19,23)(H2,20,21,24)/t12-/m0/s1. The number of esters is 1. The third-order valence-electron chi connectivity index (χ3n) is 3.30. The van der Waals surface area contributed by atoms with Crippen molar-refractivity contribution in [2.45, 2.75) is 32.9 Å². The molecule has 0 saturated heterocycles. The molecule has 0 saturated carbocycles. The van der Waals surface area contributed by atoms with E-state index in [-0.39, 0.29) is 19.1 Å². The molecule has 138 valence electrons. The van der Waals surface area contributed by atoms with E-state index in [1.165, 1.54) is 0 Å². The molecule has 0 radical (unpaired) electrons. The van der Waals surface area contributed by atoms with Gasteiger partial charge in [0.15, 0.2) is 0 Å². The molecule has 0 fully saturated rings. The number of carbonyl (C=O) groups is 3. The van der Waals surface area contributed by atoms with Crippen molar-refractivity contribution in [1.82, 2.24) is 16.0 Å². The molecule has 0 unspecified atom stereocenters. The summed E-state index contributed by atoms with van der Waals surface area (Å²) in [4.78, 5) is 34.1. The van der Waals surface area contributed by atoms with Crippen molar-refractivity contribution in [3.05, 3.63) is 35.4 Å². The number of carbonyl (C=O) groups excluding carboxylic acids is 3. The molecule has 0 aliphatic carbocycles. The van der Waals surface area contributed by atoms with Crippen LogP contribution in [-0.2, 0) is 27.3 Å². The smallest absolute Gasteiger partial charge is 0.325 e. The van der Waals surface area contributed by atoms with Crippen LogP contribution in [0.2, 0.25) is 0 Å². The zero-order chi connectivity index (χ0) is 18.7. The topological polar surface area (TPSA) is 123 Å². The van der Waals surface area contributed by atoms with Crippen LogP contribution in [-0.4, -0.2) is 43.6 Å². The highest BCUT2D eigenvalue weighted by atomic mass is 16.5. The van der Waals surface area contributed by atoms with E-state index >= 15 is 0 Å². The van der Waals surface area contributed by atoms with E-state index in [0.29, 0.717) is 19.5 Å². The van der Waals surface area contributed by atoms with Crippen molar-refractivity contribution in [1.29, 1.82) is 0 Å². The van der Waals surface area contributed by atoms with Gasteiger partial charge >= 0.3 is 12.0 Å². The maximum absolute atomic E-state index is 11.6. The number of urea groups is 1. The maximum atomic E-state index is 11.6. The zero-order valence-electron chi connectivity index (χ0n) is 14.6. The minimum atomic E-state index is -0.511. The van der Waals surface area contributed by atoms with E-state index in [1.807, 2.05) is 24.3 Å². The molecule has 8 heteroatoms. The second-order valence-corrected chi connectivity index (χ2v) is 5.49. The molecule has 0 aromatic heterocycles. The van der Waals surface area contributed by atoms with Gasteiger partial charge in [-0.05, 0) is 31.4 Å². The number of benzene rings is 1. The molecule has 0 aliphatic rings. The molecule has 1 atom stereocenters. The van der Waals surface area contributed by atoms with Gasteiger partial charge in [-0.2, -0.15) is 0 Å². The second-order valence-electron chi connectivity index (χ2n) is 5.49. The predicted molar refractivity (Wildman–Crippen MR) is 93.7 cm³/mol. The van der Waals surface area contributed by atoms with Crippen molar-refractivity contribution in [3.63, 3.8) is 0 Å². The van der Waals surface area contributed by atoms with E-state index in [1.54, 1.807) is 13.8 Å². The fourth-order valence-corrected chi connectivity index (χ4v) is 1.92. The van der Waals surface area contributed by atoms with Gasteiger partial charge in [0.25, 0.3) is 0 Å². The van der Waals surface area contributed by atoms with Crippen molar-refractivity contribution in [3.8, 4) is 0 Å². The predicted octanol–water partition coefficient (Wildman–Crippen LogP) is 0.0548. The molecule has 0 heterocycles. The van der Waals surface area contributed by atoms with Crippen molar-refractivity contribution in [2.24, 2.45) is 5.73 Å². The quantitative estimate of drug-likeness (QED) is 0.469. The molecule has 5 N–H and O–H groups in total. The van der Waals surface area contributed by atoms with Gasteiger partial charge < -0.3 is 26.4 Å². The summed E-state index contributed by atoms with van der Waals surface area (Å²) in [5.41, 5.74) is 7.46. The van der Waals surface area contributed by atoms with Gasteiger partial charge in [-0.3, -0.25) is 9.59 Å². The second kappa shape index (κ2) is 11.0. The first kappa shape index (κ1) is 20.4. The summed E-state index contributed by atoms with van der Waals surface area (Å²) in [6.45, 7) is 4.33. The van der Waals surface area contributed by atoms with Gasteiger partial charge in [0.05, 0.1) is 12.6 Å². The van der Waals surface area contributed by atoms with Gasteiger partial charge in [-0.25, -0.2) is 4.79 Å². The Bertz CT molecular complexity index is 573. The van der Waals surface area contributed by atoms with Crippen LogP contribution in [0.3, 0.4) is 0 Å². The van der Waals surface area contributed by atoms with Crippen molar-refractivity contribution < 1.29 is 19.1 Å². The third kappa shape index (κ3) is 8.71. The fraction of sp³-hybridized carbons (Fsp3) is 0.471. The van der Waals surface area contributed by atoms with Gasteiger partial charge in [0.1, 0.15) is 6.54 Å². The summed E-state index contributed by atoms with van der Waals surface area (Å²) in [5, 5.41) is 7.83. The summed E-state index contributed by atoms with van der Waals surface area (Å²) in [5.74, 6) is -0.646. The highest BCUT2D eigenvalue weighted by Crippen LogP contribution is 2.04. The molecule has 0 spiro atoms. The molecular weight excluding hydrogens is 324 g/mol. The summed E-state index contributed by atoms with van der Waals surface area (Å²) in [7, 11) is 0. The lowest BCUT2D eigenvalue weighted by molar-refractivity contribution is -0.141. The number of hydrogen-bond acceptors (Lipinski definition) is 5. The monoisotopic (exact) mass is 350 g/mol. The summed E-state index contributed by atoms with van der Waals surface area (Å²) >= 11 is 0. The number of nitrogens with one attached hydrogen (secondary N) is 3. The number of rotatable bonds is 9. The Morgan fingerprint density at radius 1 is 1.08 bits per heavy atom. The minimum absolute atomic E-state index is 0.161. The number of nitrogens with two attached hydrogens (primary N) is 1. The van der Waals surface area contributed by atoms with E-state index < -0.39 is 18.0 Å². The molecule has 1 aromatic rings. The lowest BCUT2D eigenvalue weighted by Gasteiger charge is -2.09. The van der Waals surface area contributed by atoms with Crippen LogP contribution < -0.4 is 21.7 Å². The zero-order valence-corrected chi connectivity index (χ0v) is 14.6. The Morgan fingerprint density at radius 2 is 1.72 bits per heavy atom. The largest absolute Gasteiger partial charge is 0.465 e. The van der Waals surface area contributed by atoms with Crippen molar-refractivity contribution >= 4 is 17.9 Å². The fourth-order valence-electron chi connectivity index (χ4n) is 1.92. The van der Waals surface area contributed by atoms with Gasteiger partial charge in [0.2, 0.25) is 5.91 Å². The van der Waals surface area contributed by atoms with Crippen LogP contribution in [0.1, 0.15) is 25.0 Å². The van der Waals surface area contributed by atoms with Crippen LogP contribution >= 0.6 is 0 Å². The highest BCUT2D eigenvalue weighted by Gasteiger charge is 2.06. The Kier molecular flexibility index (Phi) is 9.02. The molecular formula is C17H26N4O4. The van der Waals surface area contributed by atoms with Crippen molar-refractivity contribution in [2.75, 3.05) is 19.7 Å². The lowest BCUT2D eigenvalue weighted by atomic mass is 10.1. The first-order valence-corrected chi connectivity index (χ1v) is 8.20. The van der Waals surface area contributed by atoms with Crippen LogP contribution in [0.15, 0.2) is 24.3 Å². The first-order chi connectivity index (χ1) is 11.9. The van der Waals surface area contributed by atoms with Crippen LogP contribution in [0.25, 0.3) is 0 Å². The average Bonchev–Trinajstić information content (AvgIpc) is 2.59. The van der Waals surface area contributed by atoms with E-state index in [4.69, 9.17) is 10.5 Å². The van der Waals surface area contributed by atoms with E-state index in [2.05, 4.69) is 16.0 Å². The molecule has 0 aliphatic heterocycles. The lowest BCUT2D eigenvalue weighted by Crippen LogP contribution is -2.39. The van der Waals surface area contributed by atoms with Crippen LogP contribution in [0, 0.1) is 0 Å². The van der Waals surface area contributed by atoms with E-state index in [9.17, 15) is 14.4 Å². The molecule has 3 amide bonds. The summed E-state index contributed by atoms with van der Waals surface area (Å²) < 4.78 is 4.71. The molecule has 25 heavy (non-hydrogen) atoms. The van der Waals surface area contributed by atoms with Gasteiger partial charge in [-0.15, -0.1) is 0 Å². The SMILES string of the molecule is CCOC(=O)CNC(=O)NCc1ccc(CCNC(=O)[C@H](C)N)cc1. The molecule has 1 rings (SSSR count). The third-order valence-corrected chi connectivity index (χ3v) is 3.30. The Morgan fingerprint density at radius 3 is 2.32 bits per heavy atom. The van der Waals surface area contributed by atoms with E-state index in [0.717, 1.165) is 11.1 Å². The first-order valence-electron chi connectivity index (χ1n) is 8.20. The molecule has 0 bridgehead atoms. The number of hydrogen-bond donors (Lipinski definition) is 4. The van der Waals surface area contributed by atoms with Gasteiger partial charge in [-0.1, -0.05) is 24.3 Å². The van der Waals surface area contributed by atoms with Crippen LogP contribution in [0.4, 0.5) is 4.79 Å². The van der Waals surface area contributed by atoms with Crippen LogP contribution in [0.5, 0.6) is 0 Å².